The molecule has 0 bridgehead atoms. The molecule has 4 aromatic rings. The van der Waals surface area contributed by atoms with Gasteiger partial charge in [-0.05, 0) is 37.3 Å². The Morgan fingerprint density at radius 2 is 1.73 bits per heavy atom. The van der Waals surface area contributed by atoms with Crippen LogP contribution in [0.15, 0.2) is 78.9 Å². The van der Waals surface area contributed by atoms with E-state index in [1.54, 1.807) is 49.4 Å². The van der Waals surface area contributed by atoms with Crippen molar-refractivity contribution in [2.75, 3.05) is 11.5 Å². The number of nitrogens with one attached hydrogen (secondary N) is 1. The number of nitrogens with zero attached hydrogens (tertiary/aromatic N) is 2. The van der Waals surface area contributed by atoms with Gasteiger partial charge in [0.2, 0.25) is 0 Å². The maximum atomic E-state index is 15.0. The van der Waals surface area contributed by atoms with Gasteiger partial charge in [-0.1, -0.05) is 48.5 Å². The molecule has 5 rings (SSSR count). The first kappa shape index (κ1) is 20.6. The molecule has 7 heteroatoms. The molecule has 0 spiro atoms. The van der Waals surface area contributed by atoms with Gasteiger partial charge in [-0.3, -0.25) is 14.8 Å². The average Bonchev–Trinajstić information content (AvgIpc) is 3.39. The first-order valence-corrected chi connectivity index (χ1v) is 10.6. The summed E-state index contributed by atoms with van der Waals surface area (Å²) in [6, 6.07) is 21.7. The van der Waals surface area contributed by atoms with E-state index in [2.05, 4.69) is 10.2 Å². The smallest absolute Gasteiger partial charge is 0.338 e. The maximum Gasteiger partial charge on any atom is 0.338 e. The molecule has 0 unspecified atom stereocenters. The van der Waals surface area contributed by atoms with E-state index in [1.807, 2.05) is 30.3 Å². The molecule has 0 radical (unpaired) electrons. The van der Waals surface area contributed by atoms with E-state index in [0.717, 1.165) is 5.56 Å². The van der Waals surface area contributed by atoms with Crippen LogP contribution in [0.5, 0.6) is 0 Å². The average molecular weight is 441 g/mol. The number of halogens is 1. The third kappa shape index (κ3) is 3.47. The predicted molar refractivity (Wildman–Crippen MR) is 121 cm³/mol. The molecule has 164 valence electrons. The Bertz CT molecular complexity index is 1330. The van der Waals surface area contributed by atoms with Gasteiger partial charge >= 0.3 is 5.97 Å². The molecule has 1 N–H and O–H groups in total. The molecule has 1 aliphatic heterocycles. The van der Waals surface area contributed by atoms with Crippen molar-refractivity contribution in [3.05, 3.63) is 107 Å². The van der Waals surface area contributed by atoms with Gasteiger partial charge in [0.25, 0.3) is 5.91 Å². The Kier molecular flexibility index (Phi) is 5.22. The number of H-pyrrole nitrogens is 1. The number of ether oxygens (including phenoxy) is 1. The molecule has 6 nitrogen and oxygen atoms in total. The summed E-state index contributed by atoms with van der Waals surface area (Å²) in [5.74, 6) is -1.18. The van der Waals surface area contributed by atoms with E-state index in [4.69, 9.17) is 4.74 Å². The molecular formula is C26H20FN3O3. The largest absolute Gasteiger partial charge is 0.462 e. The van der Waals surface area contributed by atoms with Crippen LogP contribution in [0.3, 0.4) is 0 Å². The van der Waals surface area contributed by atoms with Crippen LogP contribution in [0, 0.1) is 5.82 Å². The summed E-state index contributed by atoms with van der Waals surface area (Å²) < 4.78 is 20.1. The van der Waals surface area contributed by atoms with Crippen molar-refractivity contribution in [1.29, 1.82) is 0 Å². The standard InChI is InChI=1S/C26H20FN3O3/c1-2-33-26(32)17-12-14-18(15-13-17)30-24(19-10-6-7-11-20(19)27)21-22(16-8-4-3-5-9-16)28-29-23(21)25(30)31/h3-15,24H,2H2,1H3,(H,28,29)/t24-/m0/s1. The number of aromatic amines is 1. The Hall–Kier alpha value is -4.26. The quantitative estimate of drug-likeness (QED) is 0.435. The van der Waals surface area contributed by atoms with Gasteiger partial charge < -0.3 is 4.74 Å². The summed E-state index contributed by atoms with van der Waals surface area (Å²) in [4.78, 5) is 27.1. The van der Waals surface area contributed by atoms with Gasteiger partial charge in [0.1, 0.15) is 11.5 Å². The minimum absolute atomic E-state index is 0.268. The molecule has 0 aliphatic carbocycles. The van der Waals surface area contributed by atoms with E-state index in [9.17, 15) is 9.59 Å². The van der Waals surface area contributed by atoms with E-state index < -0.39 is 17.8 Å². The number of rotatable bonds is 5. The molecule has 0 saturated carbocycles. The molecule has 3 aromatic carbocycles. The Balaban J connectivity index is 1.65. The van der Waals surface area contributed by atoms with Crippen molar-refractivity contribution in [2.24, 2.45) is 0 Å². The van der Waals surface area contributed by atoms with Crippen LogP contribution in [0.1, 0.15) is 44.9 Å². The number of hydrogen-bond donors (Lipinski definition) is 1. The second kappa shape index (κ2) is 8.35. The predicted octanol–water partition coefficient (Wildman–Crippen LogP) is 5.14. The molecule has 33 heavy (non-hydrogen) atoms. The number of benzene rings is 3. The number of amides is 1. The number of aromatic nitrogens is 2. The fraction of sp³-hybridized carbons (Fsp3) is 0.115. The van der Waals surface area contributed by atoms with Gasteiger partial charge in [-0.2, -0.15) is 5.10 Å². The second-order valence-corrected chi connectivity index (χ2v) is 7.59. The summed E-state index contributed by atoms with van der Waals surface area (Å²) in [5, 5.41) is 7.26. The minimum atomic E-state index is -0.726. The maximum absolute atomic E-state index is 15.0. The van der Waals surface area contributed by atoms with Crippen LogP contribution >= 0.6 is 0 Å². The lowest BCUT2D eigenvalue weighted by atomic mass is 9.95. The zero-order valence-corrected chi connectivity index (χ0v) is 17.8. The van der Waals surface area contributed by atoms with Gasteiger partial charge in [0, 0.05) is 22.4 Å². The molecule has 1 atom stereocenters. The van der Waals surface area contributed by atoms with Gasteiger partial charge in [-0.25, -0.2) is 9.18 Å². The Morgan fingerprint density at radius 3 is 2.42 bits per heavy atom. The lowest BCUT2D eigenvalue weighted by Gasteiger charge is -2.27. The molecule has 0 saturated heterocycles. The van der Waals surface area contributed by atoms with E-state index in [-0.39, 0.29) is 12.5 Å². The monoisotopic (exact) mass is 441 g/mol. The number of carbonyl (C=O) groups excluding carboxylic acids is 2. The van der Waals surface area contributed by atoms with Gasteiger partial charge in [-0.15, -0.1) is 0 Å². The zero-order valence-electron chi connectivity index (χ0n) is 17.8. The highest BCUT2D eigenvalue weighted by molar-refractivity contribution is 6.12. The lowest BCUT2D eigenvalue weighted by Crippen LogP contribution is -2.29. The summed E-state index contributed by atoms with van der Waals surface area (Å²) >= 11 is 0. The van der Waals surface area contributed by atoms with Crippen molar-refractivity contribution in [1.82, 2.24) is 10.2 Å². The lowest BCUT2D eigenvalue weighted by molar-refractivity contribution is 0.0526. The van der Waals surface area contributed by atoms with E-state index >= 15 is 4.39 Å². The van der Waals surface area contributed by atoms with E-state index in [0.29, 0.717) is 33.8 Å². The zero-order chi connectivity index (χ0) is 22.9. The molecule has 1 aliphatic rings. The Labute approximate surface area is 189 Å². The fourth-order valence-corrected chi connectivity index (χ4v) is 4.19. The minimum Gasteiger partial charge on any atom is -0.462 e. The topological polar surface area (TPSA) is 75.3 Å². The third-order valence-electron chi connectivity index (χ3n) is 5.67. The second-order valence-electron chi connectivity index (χ2n) is 7.59. The highest BCUT2D eigenvalue weighted by atomic mass is 19.1. The van der Waals surface area contributed by atoms with Gasteiger partial charge in [0.15, 0.2) is 0 Å². The van der Waals surface area contributed by atoms with Crippen molar-refractivity contribution in [2.45, 2.75) is 13.0 Å². The van der Waals surface area contributed by atoms with Crippen molar-refractivity contribution in [3.8, 4) is 11.3 Å². The first-order valence-electron chi connectivity index (χ1n) is 10.6. The molecule has 2 heterocycles. The third-order valence-corrected chi connectivity index (χ3v) is 5.67. The van der Waals surface area contributed by atoms with Crippen LogP contribution in [0.2, 0.25) is 0 Å². The SMILES string of the molecule is CCOC(=O)c1ccc(N2C(=O)c3[nH]nc(-c4ccccc4)c3[C@@H]2c2ccccc2F)cc1. The highest BCUT2D eigenvalue weighted by Gasteiger charge is 2.44. The summed E-state index contributed by atoms with van der Waals surface area (Å²) in [7, 11) is 0. The molecule has 0 fully saturated rings. The van der Waals surface area contributed by atoms with Gasteiger partial charge in [0.05, 0.1) is 23.9 Å². The Morgan fingerprint density at radius 1 is 1.03 bits per heavy atom. The number of anilines is 1. The van der Waals surface area contributed by atoms with Crippen molar-refractivity contribution >= 4 is 17.6 Å². The van der Waals surface area contributed by atoms with Crippen molar-refractivity contribution < 1.29 is 18.7 Å². The fourth-order valence-electron chi connectivity index (χ4n) is 4.19. The normalized spacial score (nSPS) is 14.9. The van der Waals surface area contributed by atoms with Crippen LogP contribution < -0.4 is 4.90 Å². The number of hydrogen-bond acceptors (Lipinski definition) is 4. The summed E-state index contributed by atoms with van der Waals surface area (Å²) in [5.41, 5.74) is 3.62. The number of carbonyl (C=O) groups is 2. The molecule has 1 amide bonds. The molecule has 1 aromatic heterocycles. The van der Waals surface area contributed by atoms with Crippen molar-refractivity contribution in [3.63, 3.8) is 0 Å². The van der Waals surface area contributed by atoms with Crippen LogP contribution in [0.4, 0.5) is 10.1 Å². The first-order chi connectivity index (χ1) is 16.1. The number of fused-ring (bicyclic) bond motifs is 1. The number of esters is 1. The molecular weight excluding hydrogens is 421 g/mol. The summed E-state index contributed by atoms with van der Waals surface area (Å²) in [6.07, 6.45) is 0. The van der Waals surface area contributed by atoms with Crippen LogP contribution in [0.25, 0.3) is 11.3 Å². The van der Waals surface area contributed by atoms with E-state index in [1.165, 1.54) is 11.0 Å². The summed E-state index contributed by atoms with van der Waals surface area (Å²) in [6.45, 7) is 2.00. The van der Waals surface area contributed by atoms with Crippen LogP contribution in [-0.4, -0.2) is 28.7 Å². The highest BCUT2D eigenvalue weighted by Crippen LogP contribution is 2.45. The van der Waals surface area contributed by atoms with Crippen LogP contribution in [-0.2, 0) is 4.74 Å².